The van der Waals surface area contributed by atoms with Crippen molar-refractivity contribution in [2.24, 2.45) is 5.41 Å². The van der Waals surface area contributed by atoms with Crippen molar-refractivity contribution in [1.82, 2.24) is 5.32 Å². The number of carbonyl (C=O) groups excluding carboxylic acids is 1. The summed E-state index contributed by atoms with van der Waals surface area (Å²) in [6.45, 7) is 4.60. The summed E-state index contributed by atoms with van der Waals surface area (Å²) in [5.74, 6) is -1.09. The molecule has 1 aliphatic rings. The number of aliphatic carboxylic acids is 1. The number of carboxylic acids is 1. The van der Waals surface area contributed by atoms with Crippen molar-refractivity contribution in [3.05, 3.63) is 0 Å². The Morgan fingerprint density at radius 2 is 1.81 bits per heavy atom. The van der Waals surface area contributed by atoms with E-state index in [0.29, 0.717) is 32.1 Å². The first-order chi connectivity index (χ1) is 10.0. The van der Waals surface area contributed by atoms with Gasteiger partial charge in [0.25, 0.3) is 0 Å². The lowest BCUT2D eigenvalue weighted by Gasteiger charge is -2.26. The minimum absolute atomic E-state index is 0.0404. The normalized spacial score (nSPS) is 16.7. The molecule has 1 amide bonds. The molecule has 0 atom stereocenters. The molecule has 0 bridgehead atoms. The summed E-state index contributed by atoms with van der Waals surface area (Å²) >= 11 is 0. The van der Waals surface area contributed by atoms with Gasteiger partial charge in [0.15, 0.2) is 0 Å². The summed E-state index contributed by atoms with van der Waals surface area (Å²) < 4.78 is 5.73. The number of ether oxygens (including phenoxy) is 1. The molecule has 122 valence electrons. The molecule has 5 nitrogen and oxygen atoms in total. The first-order valence-corrected chi connectivity index (χ1v) is 8.15. The second kappa shape index (κ2) is 9.03. The molecule has 1 saturated carbocycles. The first-order valence-electron chi connectivity index (χ1n) is 8.15. The van der Waals surface area contributed by atoms with Gasteiger partial charge in [-0.25, -0.2) is 0 Å². The molecular formula is C16H29NO4. The SMILES string of the molecule is CCC(CC)(CC(=O)NCCOC1CCCCC1)C(=O)O. The number of hydrogen-bond acceptors (Lipinski definition) is 3. The van der Waals surface area contributed by atoms with Crippen molar-refractivity contribution in [3.8, 4) is 0 Å². The number of nitrogens with one attached hydrogen (secondary N) is 1. The van der Waals surface area contributed by atoms with Gasteiger partial charge in [0.05, 0.1) is 18.1 Å². The molecule has 2 N–H and O–H groups in total. The molecule has 0 aromatic rings. The van der Waals surface area contributed by atoms with Crippen LogP contribution in [0.2, 0.25) is 0 Å². The van der Waals surface area contributed by atoms with Gasteiger partial charge >= 0.3 is 5.97 Å². The minimum atomic E-state index is -0.936. The predicted octanol–water partition coefficient (Wildman–Crippen LogP) is 2.73. The molecular weight excluding hydrogens is 270 g/mol. The number of carbonyl (C=O) groups is 2. The Bertz CT molecular complexity index is 333. The van der Waals surface area contributed by atoms with E-state index < -0.39 is 11.4 Å². The lowest BCUT2D eigenvalue weighted by molar-refractivity contribution is -0.152. The van der Waals surface area contributed by atoms with Gasteiger partial charge in [-0.05, 0) is 25.7 Å². The predicted molar refractivity (Wildman–Crippen MR) is 81.1 cm³/mol. The number of amides is 1. The van der Waals surface area contributed by atoms with Gasteiger partial charge in [-0.2, -0.15) is 0 Å². The van der Waals surface area contributed by atoms with E-state index in [1.165, 1.54) is 19.3 Å². The van der Waals surface area contributed by atoms with Crippen LogP contribution in [0.5, 0.6) is 0 Å². The van der Waals surface area contributed by atoms with Crippen molar-refractivity contribution in [2.45, 2.75) is 71.3 Å². The van der Waals surface area contributed by atoms with E-state index in [1.54, 1.807) is 0 Å². The molecule has 0 aliphatic heterocycles. The number of carboxylic acid groups (broad SMARTS) is 1. The molecule has 0 saturated heterocycles. The average molecular weight is 299 g/mol. The van der Waals surface area contributed by atoms with E-state index in [9.17, 15) is 14.7 Å². The van der Waals surface area contributed by atoms with E-state index in [2.05, 4.69) is 5.32 Å². The fraction of sp³-hybridized carbons (Fsp3) is 0.875. The third kappa shape index (κ3) is 5.65. The van der Waals surface area contributed by atoms with Gasteiger partial charge < -0.3 is 15.2 Å². The maximum absolute atomic E-state index is 11.9. The highest BCUT2D eigenvalue weighted by molar-refractivity contribution is 5.84. The van der Waals surface area contributed by atoms with Crippen LogP contribution in [0.4, 0.5) is 0 Å². The second-order valence-electron chi connectivity index (χ2n) is 5.95. The largest absolute Gasteiger partial charge is 0.481 e. The Morgan fingerprint density at radius 3 is 2.33 bits per heavy atom. The Kier molecular flexibility index (Phi) is 7.72. The van der Waals surface area contributed by atoms with E-state index in [0.717, 1.165) is 12.8 Å². The van der Waals surface area contributed by atoms with Gasteiger partial charge in [0, 0.05) is 13.0 Å². The number of rotatable bonds is 9. The van der Waals surface area contributed by atoms with Crippen LogP contribution in [0.1, 0.15) is 65.2 Å². The monoisotopic (exact) mass is 299 g/mol. The molecule has 1 fully saturated rings. The van der Waals surface area contributed by atoms with E-state index >= 15 is 0 Å². The Morgan fingerprint density at radius 1 is 1.19 bits per heavy atom. The third-order valence-electron chi connectivity index (χ3n) is 4.64. The van der Waals surface area contributed by atoms with Crippen molar-refractivity contribution >= 4 is 11.9 Å². The molecule has 21 heavy (non-hydrogen) atoms. The quantitative estimate of drug-likeness (QED) is 0.642. The summed E-state index contributed by atoms with van der Waals surface area (Å²) in [7, 11) is 0. The average Bonchev–Trinajstić information content (AvgIpc) is 2.50. The van der Waals surface area contributed by atoms with Crippen LogP contribution in [-0.4, -0.2) is 36.2 Å². The fourth-order valence-electron chi connectivity index (χ4n) is 2.90. The molecule has 1 rings (SSSR count). The zero-order valence-corrected chi connectivity index (χ0v) is 13.3. The Balaban J connectivity index is 2.25. The first kappa shape index (κ1) is 18.0. The molecule has 0 aromatic heterocycles. The molecule has 0 unspecified atom stereocenters. The van der Waals surface area contributed by atoms with Crippen LogP contribution in [0.25, 0.3) is 0 Å². The van der Waals surface area contributed by atoms with Gasteiger partial charge in [0.1, 0.15) is 0 Å². The molecule has 5 heteroatoms. The van der Waals surface area contributed by atoms with Crippen LogP contribution >= 0.6 is 0 Å². The van der Waals surface area contributed by atoms with Crippen molar-refractivity contribution < 1.29 is 19.4 Å². The topological polar surface area (TPSA) is 75.6 Å². The zero-order valence-electron chi connectivity index (χ0n) is 13.3. The maximum atomic E-state index is 11.9. The molecule has 1 aliphatic carbocycles. The Labute approximate surface area is 127 Å². The fourth-order valence-corrected chi connectivity index (χ4v) is 2.90. The molecule has 0 heterocycles. The van der Waals surface area contributed by atoms with Gasteiger partial charge in [-0.1, -0.05) is 33.1 Å². The van der Waals surface area contributed by atoms with E-state index in [-0.39, 0.29) is 12.3 Å². The van der Waals surface area contributed by atoms with Crippen LogP contribution in [-0.2, 0) is 14.3 Å². The Hall–Kier alpha value is -1.10. The van der Waals surface area contributed by atoms with Crippen molar-refractivity contribution in [3.63, 3.8) is 0 Å². The van der Waals surface area contributed by atoms with Gasteiger partial charge in [0.2, 0.25) is 5.91 Å². The van der Waals surface area contributed by atoms with Gasteiger partial charge in [-0.15, -0.1) is 0 Å². The minimum Gasteiger partial charge on any atom is -0.481 e. The zero-order chi connectivity index (χ0) is 15.7. The van der Waals surface area contributed by atoms with Gasteiger partial charge in [-0.3, -0.25) is 9.59 Å². The van der Waals surface area contributed by atoms with E-state index in [1.807, 2.05) is 13.8 Å². The van der Waals surface area contributed by atoms with Crippen LogP contribution in [0.3, 0.4) is 0 Å². The number of hydrogen-bond donors (Lipinski definition) is 2. The van der Waals surface area contributed by atoms with Crippen molar-refractivity contribution in [1.29, 1.82) is 0 Å². The summed E-state index contributed by atoms with van der Waals surface area (Å²) in [5.41, 5.74) is -0.936. The summed E-state index contributed by atoms with van der Waals surface area (Å²) in [5, 5.41) is 12.1. The highest BCUT2D eigenvalue weighted by Gasteiger charge is 2.36. The summed E-state index contributed by atoms with van der Waals surface area (Å²) in [6, 6.07) is 0. The summed E-state index contributed by atoms with van der Waals surface area (Å²) in [6.07, 6.45) is 7.27. The van der Waals surface area contributed by atoms with Crippen LogP contribution in [0.15, 0.2) is 0 Å². The smallest absolute Gasteiger partial charge is 0.310 e. The maximum Gasteiger partial charge on any atom is 0.310 e. The molecule has 0 aromatic carbocycles. The third-order valence-corrected chi connectivity index (χ3v) is 4.64. The standard InChI is InChI=1S/C16H29NO4/c1-3-16(4-2,15(19)20)12-14(18)17-10-11-21-13-8-6-5-7-9-13/h13H,3-12H2,1-2H3,(H,17,18)(H,19,20). The highest BCUT2D eigenvalue weighted by atomic mass is 16.5. The lowest BCUT2D eigenvalue weighted by Crippen LogP contribution is -2.38. The summed E-state index contributed by atoms with van der Waals surface area (Å²) in [4.78, 5) is 23.3. The molecule has 0 spiro atoms. The second-order valence-corrected chi connectivity index (χ2v) is 5.95. The van der Waals surface area contributed by atoms with Crippen molar-refractivity contribution in [2.75, 3.05) is 13.2 Å². The highest BCUT2D eigenvalue weighted by Crippen LogP contribution is 2.30. The van der Waals surface area contributed by atoms with Crippen LogP contribution < -0.4 is 5.32 Å². The van der Waals surface area contributed by atoms with Crippen LogP contribution in [0, 0.1) is 5.41 Å². The lowest BCUT2D eigenvalue weighted by atomic mass is 9.79. The van der Waals surface area contributed by atoms with E-state index in [4.69, 9.17) is 4.74 Å². The molecule has 0 radical (unpaired) electrons.